The maximum atomic E-state index is 8.64. The van der Waals surface area contributed by atoms with Crippen molar-refractivity contribution < 1.29 is 5.21 Å². The van der Waals surface area contributed by atoms with Crippen molar-refractivity contribution in [3.63, 3.8) is 0 Å². The van der Waals surface area contributed by atoms with E-state index in [0.29, 0.717) is 5.84 Å². The van der Waals surface area contributed by atoms with Crippen molar-refractivity contribution in [3.05, 3.63) is 0 Å². The fraction of sp³-hybridized carbons (Fsp3) is 0.917. The molecule has 0 bridgehead atoms. The zero-order valence-corrected chi connectivity index (χ0v) is 12.1. The molecule has 0 aromatic carbocycles. The average molecular weight is 261 g/mol. The molecule has 17 heavy (non-hydrogen) atoms. The van der Waals surface area contributed by atoms with Crippen LogP contribution in [0.15, 0.2) is 5.16 Å². The number of hydrogen-bond donors (Lipinski definition) is 3. The third-order valence-electron chi connectivity index (χ3n) is 2.91. The average Bonchev–Trinajstić information content (AvgIpc) is 2.31. The summed E-state index contributed by atoms with van der Waals surface area (Å²) in [5.74, 6) is 1.57. The van der Waals surface area contributed by atoms with Crippen LogP contribution in [0.25, 0.3) is 0 Å². The summed E-state index contributed by atoms with van der Waals surface area (Å²) in [5.41, 5.74) is 5.41. The van der Waals surface area contributed by atoms with E-state index in [9.17, 15) is 0 Å². The highest BCUT2D eigenvalue weighted by Crippen LogP contribution is 2.21. The number of nitrogens with zero attached hydrogens (tertiary/aromatic N) is 1. The lowest BCUT2D eigenvalue weighted by atomic mass is 9.86. The van der Waals surface area contributed by atoms with E-state index in [-0.39, 0.29) is 5.41 Å². The van der Waals surface area contributed by atoms with Crippen molar-refractivity contribution in [3.8, 4) is 0 Å². The molecule has 0 fully saturated rings. The summed E-state index contributed by atoms with van der Waals surface area (Å²) in [6, 6.07) is 0. The van der Waals surface area contributed by atoms with Crippen LogP contribution >= 0.6 is 11.8 Å². The Bertz CT molecular complexity index is 220. The van der Waals surface area contributed by atoms with Crippen LogP contribution in [0, 0.1) is 5.41 Å². The fourth-order valence-corrected chi connectivity index (χ4v) is 2.03. The Hall–Kier alpha value is -0.420. The maximum absolute atomic E-state index is 8.64. The standard InChI is InChI=1S/C12H27N3OS/c1-12(2,11(13)15-16)7-6-9-14-8-4-5-10-17-3/h14,16H,4-10H2,1-3H3,(H2,13,15). The summed E-state index contributed by atoms with van der Waals surface area (Å²) in [5, 5.41) is 15.1. The third-order valence-corrected chi connectivity index (χ3v) is 3.61. The second kappa shape index (κ2) is 9.59. The summed E-state index contributed by atoms with van der Waals surface area (Å²) in [7, 11) is 0. The molecule has 0 rings (SSSR count). The second-order valence-electron chi connectivity index (χ2n) is 4.92. The SMILES string of the molecule is CSCCCCNCCCC(C)(C)C(N)=NO. The Morgan fingerprint density at radius 3 is 2.53 bits per heavy atom. The number of amidine groups is 1. The van der Waals surface area contributed by atoms with Gasteiger partial charge < -0.3 is 16.3 Å². The van der Waals surface area contributed by atoms with Gasteiger partial charge >= 0.3 is 0 Å². The molecule has 0 aromatic rings. The minimum absolute atomic E-state index is 0.213. The number of nitrogens with two attached hydrogens (primary N) is 1. The maximum Gasteiger partial charge on any atom is 0.144 e. The number of oxime groups is 1. The van der Waals surface area contributed by atoms with Gasteiger partial charge in [0.2, 0.25) is 0 Å². The van der Waals surface area contributed by atoms with Crippen LogP contribution in [-0.4, -0.2) is 36.1 Å². The molecule has 0 saturated heterocycles. The summed E-state index contributed by atoms with van der Waals surface area (Å²) in [6.07, 6.45) is 6.64. The number of unbranched alkanes of at least 4 members (excludes halogenated alkanes) is 1. The molecule has 102 valence electrons. The van der Waals surface area contributed by atoms with Gasteiger partial charge in [-0.1, -0.05) is 19.0 Å². The van der Waals surface area contributed by atoms with E-state index in [4.69, 9.17) is 10.9 Å². The van der Waals surface area contributed by atoms with E-state index >= 15 is 0 Å². The van der Waals surface area contributed by atoms with Gasteiger partial charge in [0.25, 0.3) is 0 Å². The van der Waals surface area contributed by atoms with Gasteiger partial charge in [-0.25, -0.2) is 0 Å². The van der Waals surface area contributed by atoms with Crippen LogP contribution in [0.4, 0.5) is 0 Å². The van der Waals surface area contributed by atoms with Gasteiger partial charge in [0.05, 0.1) is 0 Å². The molecule has 4 N–H and O–H groups in total. The minimum atomic E-state index is -0.213. The topological polar surface area (TPSA) is 70.6 Å². The molecule has 0 radical (unpaired) electrons. The van der Waals surface area contributed by atoms with Crippen LogP contribution in [0.3, 0.4) is 0 Å². The normalized spacial score (nSPS) is 13.0. The van der Waals surface area contributed by atoms with Gasteiger partial charge in [0, 0.05) is 5.41 Å². The first-order chi connectivity index (χ1) is 8.04. The predicted octanol–water partition coefficient (Wildman–Crippen LogP) is 2.27. The molecule has 0 spiro atoms. The lowest BCUT2D eigenvalue weighted by molar-refractivity contribution is 0.304. The monoisotopic (exact) mass is 261 g/mol. The van der Waals surface area contributed by atoms with E-state index in [1.165, 1.54) is 18.6 Å². The molecule has 0 aliphatic rings. The molecule has 4 nitrogen and oxygen atoms in total. The van der Waals surface area contributed by atoms with Crippen LogP contribution in [0.1, 0.15) is 39.5 Å². The predicted molar refractivity (Wildman–Crippen MR) is 76.9 cm³/mol. The van der Waals surface area contributed by atoms with Gasteiger partial charge in [0.15, 0.2) is 0 Å². The van der Waals surface area contributed by atoms with E-state index in [2.05, 4.69) is 16.7 Å². The van der Waals surface area contributed by atoms with Gasteiger partial charge in [-0.05, 0) is 50.8 Å². The van der Waals surface area contributed by atoms with Crippen molar-refractivity contribution >= 4 is 17.6 Å². The van der Waals surface area contributed by atoms with Crippen molar-refractivity contribution in [1.82, 2.24) is 5.32 Å². The van der Waals surface area contributed by atoms with E-state index in [1.807, 2.05) is 25.6 Å². The fourth-order valence-electron chi connectivity index (χ4n) is 1.54. The van der Waals surface area contributed by atoms with E-state index in [0.717, 1.165) is 25.9 Å². The van der Waals surface area contributed by atoms with Gasteiger partial charge in [-0.3, -0.25) is 0 Å². The molecule has 0 aliphatic heterocycles. The Balaban J connectivity index is 3.45. The van der Waals surface area contributed by atoms with Crippen molar-refractivity contribution in [2.45, 2.75) is 39.5 Å². The van der Waals surface area contributed by atoms with Gasteiger partial charge in [-0.15, -0.1) is 0 Å². The Morgan fingerprint density at radius 1 is 1.29 bits per heavy atom. The van der Waals surface area contributed by atoms with Crippen LogP contribution in [-0.2, 0) is 0 Å². The molecule has 0 amide bonds. The molecular weight excluding hydrogens is 234 g/mol. The summed E-state index contributed by atoms with van der Waals surface area (Å²) < 4.78 is 0. The minimum Gasteiger partial charge on any atom is -0.409 e. The molecule has 0 saturated carbocycles. The first kappa shape index (κ1) is 16.6. The molecule has 0 atom stereocenters. The highest BCUT2D eigenvalue weighted by Gasteiger charge is 2.22. The summed E-state index contributed by atoms with van der Waals surface area (Å²) in [4.78, 5) is 0. The lowest BCUT2D eigenvalue weighted by Gasteiger charge is -2.22. The van der Waals surface area contributed by atoms with Crippen LogP contribution in [0.5, 0.6) is 0 Å². The zero-order valence-electron chi connectivity index (χ0n) is 11.3. The Labute approximate surface area is 109 Å². The summed E-state index contributed by atoms with van der Waals surface area (Å²) in [6.45, 7) is 6.09. The number of hydrogen-bond acceptors (Lipinski definition) is 4. The highest BCUT2D eigenvalue weighted by atomic mass is 32.2. The first-order valence-electron chi connectivity index (χ1n) is 6.22. The number of thioether (sulfide) groups is 1. The molecule has 5 heteroatoms. The molecule has 0 aliphatic carbocycles. The van der Waals surface area contributed by atoms with Crippen molar-refractivity contribution in [2.24, 2.45) is 16.3 Å². The quantitative estimate of drug-likeness (QED) is 0.185. The number of nitrogens with one attached hydrogen (secondary N) is 1. The van der Waals surface area contributed by atoms with Crippen LogP contribution < -0.4 is 11.1 Å². The largest absolute Gasteiger partial charge is 0.409 e. The molecule has 0 heterocycles. The molecule has 0 aromatic heterocycles. The molecular formula is C12H27N3OS. The van der Waals surface area contributed by atoms with E-state index in [1.54, 1.807) is 0 Å². The second-order valence-corrected chi connectivity index (χ2v) is 5.91. The summed E-state index contributed by atoms with van der Waals surface area (Å²) >= 11 is 1.90. The number of rotatable bonds is 10. The Morgan fingerprint density at radius 2 is 1.94 bits per heavy atom. The highest BCUT2D eigenvalue weighted by molar-refractivity contribution is 7.98. The third kappa shape index (κ3) is 8.32. The van der Waals surface area contributed by atoms with Crippen LogP contribution in [0.2, 0.25) is 0 Å². The first-order valence-corrected chi connectivity index (χ1v) is 7.61. The molecule has 0 unspecified atom stereocenters. The van der Waals surface area contributed by atoms with Crippen molar-refractivity contribution in [2.75, 3.05) is 25.1 Å². The van der Waals surface area contributed by atoms with E-state index < -0.39 is 0 Å². The zero-order chi connectivity index (χ0) is 13.1. The van der Waals surface area contributed by atoms with Crippen molar-refractivity contribution in [1.29, 1.82) is 0 Å². The lowest BCUT2D eigenvalue weighted by Crippen LogP contribution is -2.32. The smallest absolute Gasteiger partial charge is 0.144 e. The Kier molecular flexibility index (Phi) is 9.36. The van der Waals surface area contributed by atoms with Gasteiger partial charge in [-0.2, -0.15) is 11.8 Å². The van der Waals surface area contributed by atoms with Gasteiger partial charge in [0.1, 0.15) is 5.84 Å².